The maximum atomic E-state index is 12.0. The fraction of sp³-hybridized carbons (Fsp3) is 0.714. The Labute approximate surface area is 142 Å². The van der Waals surface area contributed by atoms with Crippen molar-refractivity contribution in [1.82, 2.24) is 5.32 Å². The maximum absolute atomic E-state index is 12.0. The van der Waals surface area contributed by atoms with E-state index < -0.39 is 47.1 Å². The molecule has 3 atom stereocenters. The van der Waals surface area contributed by atoms with Crippen LogP contribution in [0.2, 0.25) is 0 Å². The van der Waals surface area contributed by atoms with Crippen LogP contribution in [0.3, 0.4) is 0 Å². The first-order valence-corrected chi connectivity index (χ1v) is 8.79. The topological polar surface area (TPSA) is 164 Å². The lowest BCUT2D eigenvalue weighted by molar-refractivity contribution is -0.139. The fourth-order valence-electron chi connectivity index (χ4n) is 1.74. The number of hydrogen-bond donors (Lipinski definition) is 4. The van der Waals surface area contributed by atoms with Crippen LogP contribution < -0.4 is 11.1 Å². The van der Waals surface area contributed by atoms with E-state index >= 15 is 0 Å². The molecular formula is C14H24N2O7S. The van der Waals surface area contributed by atoms with Gasteiger partial charge in [-0.15, -0.1) is 0 Å². The number of carboxylic acid groups (broad SMARTS) is 2. The van der Waals surface area contributed by atoms with Crippen LogP contribution in [0.5, 0.6) is 0 Å². The first-order valence-electron chi connectivity index (χ1n) is 7.41. The van der Waals surface area contributed by atoms with Crippen LogP contribution in [0.25, 0.3) is 0 Å². The van der Waals surface area contributed by atoms with Crippen LogP contribution in [0.15, 0.2) is 0 Å². The molecule has 0 bridgehead atoms. The molecule has 9 nitrogen and oxygen atoms in total. The number of carbonyl (C=O) groups excluding carboxylic acids is 2. The van der Waals surface area contributed by atoms with Crippen molar-refractivity contribution < 1.29 is 33.6 Å². The molecule has 10 heteroatoms. The van der Waals surface area contributed by atoms with Gasteiger partial charge in [-0.25, -0.2) is 0 Å². The van der Waals surface area contributed by atoms with Gasteiger partial charge in [0.25, 0.3) is 0 Å². The molecule has 138 valence electrons. The number of nitrogens with one attached hydrogen (secondary N) is 1. The third-order valence-electron chi connectivity index (χ3n) is 3.20. The molecule has 5 N–H and O–H groups in total. The minimum atomic E-state index is -1.35. The number of nitrogens with two attached hydrogens (primary N) is 1. The Morgan fingerprint density at radius 2 is 1.75 bits per heavy atom. The maximum Gasteiger partial charge on any atom is 0.322 e. The molecule has 0 aliphatic carbocycles. The summed E-state index contributed by atoms with van der Waals surface area (Å²) < 4.78 is 11.9. The predicted octanol–water partition coefficient (Wildman–Crippen LogP) is -0.888. The highest BCUT2D eigenvalue weighted by molar-refractivity contribution is 7.85. The number of Topliss-reactive ketones (excluding diaryl/α,β-unsaturated/α-hetero) is 1. The number of amides is 1. The molecule has 0 heterocycles. The molecule has 0 aromatic heterocycles. The third-order valence-corrected chi connectivity index (χ3v) is 4.98. The van der Waals surface area contributed by atoms with Gasteiger partial charge in [0.15, 0.2) is 0 Å². The average Bonchev–Trinajstić information content (AvgIpc) is 2.48. The number of rotatable bonds is 12. The normalized spacial score (nSPS) is 14.7. The monoisotopic (exact) mass is 364 g/mol. The van der Waals surface area contributed by atoms with Crippen molar-refractivity contribution in [1.29, 1.82) is 0 Å². The van der Waals surface area contributed by atoms with Gasteiger partial charge in [-0.1, -0.05) is 13.8 Å². The molecule has 0 saturated heterocycles. The van der Waals surface area contributed by atoms with Gasteiger partial charge in [0.2, 0.25) is 5.91 Å². The molecule has 1 amide bonds. The van der Waals surface area contributed by atoms with E-state index in [0.717, 1.165) is 0 Å². The van der Waals surface area contributed by atoms with E-state index in [2.05, 4.69) is 5.32 Å². The molecule has 0 spiro atoms. The van der Waals surface area contributed by atoms with Gasteiger partial charge < -0.3 is 21.3 Å². The molecule has 0 aromatic rings. The van der Waals surface area contributed by atoms with E-state index in [9.17, 15) is 23.4 Å². The van der Waals surface area contributed by atoms with Crippen LogP contribution in [0.4, 0.5) is 0 Å². The van der Waals surface area contributed by atoms with Crippen molar-refractivity contribution in [3.63, 3.8) is 0 Å². The second-order valence-corrected chi connectivity index (χ2v) is 7.67. The van der Waals surface area contributed by atoms with Crippen LogP contribution >= 0.6 is 0 Å². The van der Waals surface area contributed by atoms with Gasteiger partial charge in [0.1, 0.15) is 18.4 Å². The van der Waals surface area contributed by atoms with E-state index in [4.69, 9.17) is 15.9 Å². The second-order valence-electron chi connectivity index (χ2n) is 5.63. The van der Waals surface area contributed by atoms with E-state index in [1.807, 2.05) is 0 Å². The summed E-state index contributed by atoms with van der Waals surface area (Å²) in [4.78, 5) is 45.1. The minimum Gasteiger partial charge on any atom is -0.480 e. The average molecular weight is 364 g/mol. The highest BCUT2D eigenvalue weighted by Crippen LogP contribution is 2.12. The zero-order valence-corrected chi connectivity index (χ0v) is 14.5. The summed E-state index contributed by atoms with van der Waals surface area (Å²) in [5.74, 6) is -4.50. The summed E-state index contributed by atoms with van der Waals surface area (Å²) in [5, 5.41) is 19.2. The number of ketones is 1. The van der Waals surface area contributed by atoms with Gasteiger partial charge in [-0.3, -0.25) is 23.4 Å². The smallest absolute Gasteiger partial charge is 0.322 e. The van der Waals surface area contributed by atoms with Crippen LogP contribution in [0.1, 0.15) is 33.1 Å². The predicted molar refractivity (Wildman–Crippen MR) is 86.8 cm³/mol. The zero-order valence-electron chi connectivity index (χ0n) is 13.7. The Balaban J connectivity index is 4.76. The van der Waals surface area contributed by atoms with Gasteiger partial charge in [-0.2, -0.15) is 0 Å². The van der Waals surface area contributed by atoms with E-state index in [1.54, 1.807) is 13.8 Å². The molecule has 3 unspecified atom stereocenters. The quantitative estimate of drug-likeness (QED) is 0.346. The molecule has 24 heavy (non-hydrogen) atoms. The Morgan fingerprint density at radius 3 is 2.21 bits per heavy atom. The first-order chi connectivity index (χ1) is 11.0. The lowest BCUT2D eigenvalue weighted by atomic mass is 9.99. The highest BCUT2D eigenvalue weighted by atomic mass is 32.2. The fourth-order valence-corrected chi connectivity index (χ4v) is 2.79. The highest BCUT2D eigenvalue weighted by Gasteiger charge is 2.26. The minimum absolute atomic E-state index is 0.0646. The zero-order chi connectivity index (χ0) is 18.9. The molecule has 0 fully saturated rings. The number of aliphatic carboxylic acids is 2. The van der Waals surface area contributed by atoms with Crippen molar-refractivity contribution >= 4 is 34.4 Å². The number of hydrogen-bond acceptors (Lipinski definition) is 6. The summed E-state index contributed by atoms with van der Waals surface area (Å²) in [6.07, 6.45) is -0.425. The van der Waals surface area contributed by atoms with Crippen LogP contribution in [-0.2, 0) is 30.0 Å². The first kappa shape index (κ1) is 22.2. The third kappa shape index (κ3) is 9.36. The van der Waals surface area contributed by atoms with Crippen molar-refractivity contribution in [2.45, 2.75) is 44.4 Å². The molecule has 0 rings (SSSR count). The summed E-state index contributed by atoms with van der Waals surface area (Å²) >= 11 is 0. The van der Waals surface area contributed by atoms with E-state index in [1.165, 1.54) is 0 Å². The van der Waals surface area contributed by atoms with E-state index in [0.29, 0.717) is 0 Å². The lowest BCUT2D eigenvalue weighted by Gasteiger charge is -2.17. The van der Waals surface area contributed by atoms with Crippen molar-refractivity contribution in [2.75, 3.05) is 12.3 Å². The van der Waals surface area contributed by atoms with E-state index in [-0.39, 0.29) is 36.0 Å². The van der Waals surface area contributed by atoms with Crippen molar-refractivity contribution in [3.05, 3.63) is 0 Å². The van der Waals surface area contributed by atoms with Gasteiger partial charge >= 0.3 is 11.9 Å². The summed E-state index contributed by atoms with van der Waals surface area (Å²) in [6.45, 7) is 2.81. The Kier molecular flexibility index (Phi) is 10.0. The van der Waals surface area contributed by atoms with Crippen molar-refractivity contribution in [2.24, 2.45) is 11.7 Å². The van der Waals surface area contributed by atoms with Gasteiger partial charge in [-0.05, 0) is 6.42 Å². The molecule has 0 aromatic carbocycles. The Morgan fingerprint density at radius 1 is 1.17 bits per heavy atom. The lowest BCUT2D eigenvalue weighted by Crippen LogP contribution is -2.38. The second kappa shape index (κ2) is 10.9. The summed E-state index contributed by atoms with van der Waals surface area (Å²) in [7, 11) is -1.35. The standard InChI is InChI=1S/C14H24N2O7S/c1-8(2)24(23)7-9(13(20)16-6-12(18)19)5-10(17)3-4-11(15)14(21)22/h8-9,11H,3-7,15H2,1-2H3,(H,16,20)(H,18,19)(H,21,22). The summed E-state index contributed by atoms with van der Waals surface area (Å²) in [6, 6.07) is -1.17. The molecule has 0 aliphatic rings. The van der Waals surface area contributed by atoms with Crippen LogP contribution in [0, 0.1) is 5.92 Å². The molecule has 0 aliphatic heterocycles. The number of carboxylic acids is 2. The van der Waals surface area contributed by atoms with Gasteiger partial charge in [0.05, 0.1) is 5.92 Å². The Bertz CT molecular complexity index is 507. The van der Waals surface area contributed by atoms with Crippen molar-refractivity contribution in [3.8, 4) is 0 Å². The molecule has 0 radical (unpaired) electrons. The Hall–Kier alpha value is -1.81. The number of carbonyl (C=O) groups is 4. The molecule has 0 saturated carbocycles. The van der Waals surface area contributed by atoms with Gasteiger partial charge in [0, 0.05) is 34.6 Å². The van der Waals surface area contributed by atoms with Crippen LogP contribution in [-0.4, -0.2) is 61.6 Å². The SMILES string of the molecule is CC(C)S(=O)CC(CC(=O)CCC(N)C(=O)O)C(=O)NCC(=O)O. The molecular weight excluding hydrogens is 340 g/mol. The largest absolute Gasteiger partial charge is 0.480 e. The summed E-state index contributed by atoms with van der Waals surface area (Å²) in [5.41, 5.74) is 5.31.